The largest absolute Gasteiger partial charge is 0.445 e. The predicted molar refractivity (Wildman–Crippen MR) is 97.7 cm³/mol. The van der Waals surface area contributed by atoms with Crippen molar-refractivity contribution in [3.63, 3.8) is 0 Å². The number of piperazine rings is 1. The van der Waals surface area contributed by atoms with Crippen LogP contribution >= 0.6 is 0 Å². The minimum atomic E-state index is -3.43. The molecule has 8 nitrogen and oxygen atoms in total. The summed E-state index contributed by atoms with van der Waals surface area (Å²) in [5, 5.41) is -0.515. The van der Waals surface area contributed by atoms with Gasteiger partial charge in [-0.25, -0.2) is 13.2 Å². The molecule has 26 heavy (non-hydrogen) atoms. The standard InChI is InChI=1S/C17H26N4O4S/c1-13-16(14(2)19-18-13)26(23,24)21-10-8-20(9-11-21)17(22)25-12-15-6-4-3-5-7-15/h3-7,13-14,16,18-19H,8-12H2,1-2H3. The first-order chi connectivity index (χ1) is 12.4. The molecular formula is C17H26N4O4S. The number of hydrazine groups is 1. The first kappa shape index (κ1) is 19.1. The van der Waals surface area contributed by atoms with E-state index in [4.69, 9.17) is 4.74 Å². The van der Waals surface area contributed by atoms with E-state index in [2.05, 4.69) is 10.9 Å². The molecule has 1 amide bonds. The van der Waals surface area contributed by atoms with E-state index < -0.39 is 21.4 Å². The summed E-state index contributed by atoms with van der Waals surface area (Å²) in [5.41, 5.74) is 6.89. The molecule has 2 N–H and O–H groups in total. The van der Waals surface area contributed by atoms with Crippen LogP contribution in [0.1, 0.15) is 19.4 Å². The molecule has 2 aliphatic heterocycles. The van der Waals surface area contributed by atoms with Gasteiger partial charge in [0, 0.05) is 38.3 Å². The number of carbonyl (C=O) groups is 1. The Morgan fingerprint density at radius 3 is 2.23 bits per heavy atom. The van der Waals surface area contributed by atoms with E-state index in [1.807, 2.05) is 44.2 Å². The number of nitrogens with one attached hydrogen (secondary N) is 2. The zero-order valence-corrected chi connectivity index (χ0v) is 15.9. The molecule has 9 heteroatoms. The third-order valence-corrected chi connectivity index (χ3v) is 7.52. The van der Waals surface area contributed by atoms with Crippen LogP contribution in [0.5, 0.6) is 0 Å². The zero-order valence-electron chi connectivity index (χ0n) is 15.1. The normalized spacial score (nSPS) is 27.5. The van der Waals surface area contributed by atoms with Crippen molar-refractivity contribution in [3.05, 3.63) is 35.9 Å². The monoisotopic (exact) mass is 382 g/mol. The number of benzene rings is 1. The second-order valence-electron chi connectivity index (χ2n) is 6.80. The summed E-state index contributed by atoms with van der Waals surface area (Å²) < 4.78 is 32.6. The summed E-state index contributed by atoms with van der Waals surface area (Å²) in [6.45, 7) is 5.18. The highest BCUT2D eigenvalue weighted by Crippen LogP contribution is 2.21. The lowest BCUT2D eigenvalue weighted by Crippen LogP contribution is -2.55. The van der Waals surface area contributed by atoms with Crippen molar-refractivity contribution in [1.82, 2.24) is 20.1 Å². The van der Waals surface area contributed by atoms with Crippen LogP contribution in [0.4, 0.5) is 4.79 Å². The summed E-state index contributed by atoms with van der Waals surface area (Å²) in [6.07, 6.45) is -0.406. The summed E-state index contributed by atoms with van der Waals surface area (Å²) in [6, 6.07) is 9.14. The molecule has 0 saturated carbocycles. The Kier molecular flexibility index (Phi) is 5.81. The van der Waals surface area contributed by atoms with E-state index in [1.165, 1.54) is 4.31 Å². The van der Waals surface area contributed by atoms with Crippen molar-refractivity contribution >= 4 is 16.1 Å². The molecule has 2 unspecified atom stereocenters. The number of ether oxygens (including phenoxy) is 1. The van der Waals surface area contributed by atoms with Gasteiger partial charge in [-0.1, -0.05) is 30.3 Å². The molecule has 3 rings (SSSR count). The fraction of sp³-hybridized carbons (Fsp3) is 0.588. The van der Waals surface area contributed by atoms with Gasteiger partial charge in [0.2, 0.25) is 10.0 Å². The third-order valence-electron chi connectivity index (χ3n) is 4.93. The van der Waals surface area contributed by atoms with Crippen molar-refractivity contribution < 1.29 is 17.9 Å². The highest BCUT2D eigenvalue weighted by atomic mass is 32.2. The van der Waals surface area contributed by atoms with E-state index >= 15 is 0 Å². The fourth-order valence-corrected chi connectivity index (χ4v) is 5.67. The molecule has 2 saturated heterocycles. The average Bonchev–Trinajstić information content (AvgIpc) is 2.99. The molecule has 2 fully saturated rings. The Morgan fingerprint density at radius 1 is 1.08 bits per heavy atom. The van der Waals surface area contributed by atoms with Gasteiger partial charge < -0.3 is 9.64 Å². The number of hydrogen-bond donors (Lipinski definition) is 2. The first-order valence-electron chi connectivity index (χ1n) is 8.85. The molecule has 1 aromatic carbocycles. The molecule has 2 atom stereocenters. The lowest BCUT2D eigenvalue weighted by molar-refractivity contribution is 0.0836. The van der Waals surface area contributed by atoms with Crippen LogP contribution in [-0.2, 0) is 21.4 Å². The van der Waals surface area contributed by atoms with Crippen LogP contribution in [0.3, 0.4) is 0 Å². The molecule has 1 aromatic rings. The van der Waals surface area contributed by atoms with Crippen LogP contribution in [0, 0.1) is 0 Å². The maximum atomic E-state index is 12.9. The van der Waals surface area contributed by atoms with Crippen molar-refractivity contribution in [2.75, 3.05) is 26.2 Å². The van der Waals surface area contributed by atoms with Gasteiger partial charge in [0.15, 0.2) is 0 Å². The second-order valence-corrected chi connectivity index (χ2v) is 8.89. The van der Waals surface area contributed by atoms with Crippen molar-refractivity contribution in [1.29, 1.82) is 0 Å². The minimum absolute atomic E-state index is 0.163. The van der Waals surface area contributed by atoms with Gasteiger partial charge in [0.25, 0.3) is 0 Å². The third kappa shape index (κ3) is 4.01. The smallest absolute Gasteiger partial charge is 0.410 e. The van der Waals surface area contributed by atoms with Gasteiger partial charge in [-0.3, -0.25) is 10.9 Å². The lowest BCUT2D eigenvalue weighted by atomic mass is 10.2. The highest BCUT2D eigenvalue weighted by Gasteiger charge is 2.44. The molecule has 2 heterocycles. The predicted octanol–water partition coefficient (Wildman–Crippen LogP) is 0.524. The molecule has 2 aliphatic rings. The van der Waals surface area contributed by atoms with E-state index in [1.54, 1.807) is 4.90 Å². The van der Waals surface area contributed by atoms with Crippen molar-refractivity contribution in [2.24, 2.45) is 0 Å². The Bertz CT molecular complexity index is 710. The maximum Gasteiger partial charge on any atom is 0.410 e. The molecule has 0 aliphatic carbocycles. The van der Waals surface area contributed by atoms with Crippen LogP contribution in [0.15, 0.2) is 30.3 Å². The molecule has 144 valence electrons. The quantitative estimate of drug-likeness (QED) is 0.789. The minimum Gasteiger partial charge on any atom is -0.445 e. The van der Waals surface area contributed by atoms with E-state index in [-0.39, 0.29) is 18.7 Å². The second kappa shape index (κ2) is 7.91. The summed E-state index contributed by atoms with van der Waals surface area (Å²) >= 11 is 0. The van der Waals surface area contributed by atoms with Gasteiger partial charge in [-0.2, -0.15) is 4.31 Å². The Labute approximate surface area is 154 Å². The number of rotatable bonds is 4. The van der Waals surface area contributed by atoms with Crippen LogP contribution in [0.2, 0.25) is 0 Å². The van der Waals surface area contributed by atoms with Gasteiger partial charge in [-0.05, 0) is 19.4 Å². The van der Waals surface area contributed by atoms with Gasteiger partial charge >= 0.3 is 6.09 Å². The molecule has 0 spiro atoms. The van der Waals surface area contributed by atoms with Crippen LogP contribution < -0.4 is 10.9 Å². The molecule has 0 bridgehead atoms. The van der Waals surface area contributed by atoms with E-state index in [9.17, 15) is 13.2 Å². The Morgan fingerprint density at radius 2 is 1.65 bits per heavy atom. The summed E-state index contributed by atoms with van der Waals surface area (Å²) in [7, 11) is -3.43. The highest BCUT2D eigenvalue weighted by molar-refractivity contribution is 7.89. The Hall–Kier alpha value is -1.68. The fourth-order valence-electron chi connectivity index (χ4n) is 3.48. The Balaban J connectivity index is 1.53. The number of nitrogens with zero attached hydrogens (tertiary/aromatic N) is 2. The van der Waals surface area contributed by atoms with Crippen LogP contribution in [0.25, 0.3) is 0 Å². The van der Waals surface area contributed by atoms with Crippen molar-refractivity contribution in [3.8, 4) is 0 Å². The van der Waals surface area contributed by atoms with E-state index in [0.29, 0.717) is 26.2 Å². The van der Waals surface area contributed by atoms with Gasteiger partial charge in [0.05, 0.1) is 0 Å². The lowest BCUT2D eigenvalue weighted by Gasteiger charge is -2.35. The first-order valence-corrected chi connectivity index (χ1v) is 10.4. The summed E-state index contributed by atoms with van der Waals surface area (Å²) in [4.78, 5) is 13.8. The number of sulfonamides is 1. The zero-order chi connectivity index (χ0) is 18.7. The summed E-state index contributed by atoms with van der Waals surface area (Å²) in [5.74, 6) is 0. The maximum absolute atomic E-state index is 12.9. The van der Waals surface area contributed by atoms with Gasteiger partial charge in [0.1, 0.15) is 11.9 Å². The SMILES string of the molecule is CC1NNC(C)C1S(=O)(=O)N1CCN(C(=O)OCc2ccccc2)CC1. The molecular weight excluding hydrogens is 356 g/mol. The average molecular weight is 382 g/mol. The van der Waals surface area contributed by atoms with Crippen molar-refractivity contribution in [2.45, 2.75) is 37.8 Å². The molecule has 0 radical (unpaired) electrons. The number of amides is 1. The molecule has 0 aromatic heterocycles. The number of hydrogen-bond acceptors (Lipinski definition) is 6. The van der Waals surface area contributed by atoms with Gasteiger partial charge in [-0.15, -0.1) is 0 Å². The van der Waals surface area contributed by atoms with Crippen LogP contribution in [-0.4, -0.2) is 67.2 Å². The van der Waals surface area contributed by atoms with E-state index in [0.717, 1.165) is 5.56 Å². The topological polar surface area (TPSA) is 91.0 Å². The number of carbonyl (C=O) groups excluding carboxylic acids is 1.